The molecule has 0 spiro atoms. The van der Waals surface area contributed by atoms with E-state index in [4.69, 9.17) is 23.8 Å². The Bertz CT molecular complexity index is 330. The van der Waals surface area contributed by atoms with Gasteiger partial charge in [-0.05, 0) is 23.8 Å². The molecule has 12 heavy (non-hydrogen) atoms. The van der Waals surface area contributed by atoms with Crippen LogP contribution in [-0.4, -0.2) is 0 Å². The predicted molar refractivity (Wildman–Crippen MR) is 54.9 cm³/mol. The van der Waals surface area contributed by atoms with Crippen LogP contribution in [0, 0.1) is 12.3 Å². The highest BCUT2D eigenvalue weighted by molar-refractivity contribution is 9.10. The molecule has 2 N–H and O–H groups in total. The molecule has 0 radical (unpaired) electrons. The van der Waals surface area contributed by atoms with Gasteiger partial charge in [0.25, 0.3) is 0 Å². The summed E-state index contributed by atoms with van der Waals surface area (Å²) in [6, 6.07) is 4.96. The number of rotatable bonds is 1. The van der Waals surface area contributed by atoms with Crippen LogP contribution < -0.4 is 5.73 Å². The van der Waals surface area contributed by atoms with Crippen LogP contribution in [0.2, 0.25) is 5.02 Å². The van der Waals surface area contributed by atoms with Gasteiger partial charge in [-0.15, -0.1) is 6.42 Å². The first kappa shape index (κ1) is 9.60. The Morgan fingerprint density at radius 2 is 2.25 bits per heavy atom. The molecule has 1 aromatic carbocycles. The SMILES string of the molecule is C#CC(N)c1cc(Cl)ccc1Br. The molecule has 1 rings (SSSR count). The molecule has 0 aliphatic carbocycles. The minimum absolute atomic E-state index is 0.405. The van der Waals surface area contributed by atoms with E-state index in [9.17, 15) is 0 Å². The summed E-state index contributed by atoms with van der Waals surface area (Å²) in [7, 11) is 0. The fraction of sp³-hybridized carbons (Fsp3) is 0.111. The lowest BCUT2D eigenvalue weighted by Gasteiger charge is -2.07. The maximum Gasteiger partial charge on any atom is 0.0929 e. The van der Waals surface area contributed by atoms with Crippen molar-refractivity contribution < 1.29 is 0 Å². The summed E-state index contributed by atoms with van der Waals surface area (Å²) in [5.41, 5.74) is 6.48. The van der Waals surface area contributed by atoms with Gasteiger partial charge in [-0.1, -0.05) is 33.5 Å². The highest BCUT2D eigenvalue weighted by atomic mass is 79.9. The monoisotopic (exact) mass is 243 g/mol. The molecule has 1 unspecified atom stereocenters. The van der Waals surface area contributed by atoms with E-state index >= 15 is 0 Å². The second kappa shape index (κ2) is 3.95. The average Bonchev–Trinajstić information content (AvgIpc) is 2.08. The normalized spacial score (nSPS) is 12.2. The molecule has 62 valence electrons. The summed E-state index contributed by atoms with van der Waals surface area (Å²) < 4.78 is 0.886. The summed E-state index contributed by atoms with van der Waals surface area (Å²) in [6.45, 7) is 0. The molecule has 0 heterocycles. The lowest BCUT2D eigenvalue weighted by Crippen LogP contribution is -2.07. The van der Waals surface area contributed by atoms with Gasteiger partial charge in [0.05, 0.1) is 6.04 Å². The van der Waals surface area contributed by atoms with E-state index in [1.807, 2.05) is 6.07 Å². The van der Waals surface area contributed by atoms with Crippen molar-refractivity contribution in [1.29, 1.82) is 0 Å². The van der Waals surface area contributed by atoms with E-state index in [0.717, 1.165) is 10.0 Å². The zero-order valence-corrected chi connectivity index (χ0v) is 8.56. The summed E-state index contributed by atoms with van der Waals surface area (Å²) in [6.07, 6.45) is 5.18. The topological polar surface area (TPSA) is 26.0 Å². The van der Waals surface area contributed by atoms with Crippen molar-refractivity contribution in [3.63, 3.8) is 0 Å². The third kappa shape index (κ3) is 2.01. The lowest BCUT2D eigenvalue weighted by atomic mass is 10.1. The van der Waals surface area contributed by atoms with Gasteiger partial charge in [0.15, 0.2) is 0 Å². The van der Waals surface area contributed by atoms with Crippen LogP contribution in [0.3, 0.4) is 0 Å². The quantitative estimate of drug-likeness (QED) is 0.755. The third-order valence-corrected chi connectivity index (χ3v) is 2.43. The van der Waals surface area contributed by atoms with E-state index < -0.39 is 6.04 Å². The predicted octanol–water partition coefficient (Wildman–Crippen LogP) is 2.74. The fourth-order valence-corrected chi connectivity index (χ4v) is 1.52. The van der Waals surface area contributed by atoms with Crippen LogP contribution in [0.25, 0.3) is 0 Å². The summed E-state index contributed by atoms with van der Waals surface area (Å²) in [4.78, 5) is 0. The van der Waals surface area contributed by atoms with Crippen LogP contribution in [0.1, 0.15) is 11.6 Å². The van der Waals surface area contributed by atoms with Gasteiger partial charge >= 0.3 is 0 Å². The molecule has 0 aliphatic heterocycles. The molecule has 0 amide bonds. The molecule has 1 nitrogen and oxygen atoms in total. The highest BCUT2D eigenvalue weighted by Gasteiger charge is 2.06. The van der Waals surface area contributed by atoms with Gasteiger partial charge in [-0.3, -0.25) is 0 Å². The molecule has 3 heteroatoms. The van der Waals surface area contributed by atoms with Crippen molar-refractivity contribution >= 4 is 27.5 Å². The van der Waals surface area contributed by atoms with Gasteiger partial charge in [-0.25, -0.2) is 0 Å². The molecule has 0 aromatic heterocycles. The fourth-order valence-electron chi connectivity index (χ4n) is 0.843. The molecule has 0 aliphatic rings. The summed E-state index contributed by atoms with van der Waals surface area (Å²) in [5.74, 6) is 2.44. The number of benzene rings is 1. The van der Waals surface area contributed by atoms with Crippen molar-refractivity contribution in [1.82, 2.24) is 0 Å². The highest BCUT2D eigenvalue weighted by Crippen LogP contribution is 2.24. The van der Waals surface area contributed by atoms with E-state index in [2.05, 4.69) is 21.9 Å². The van der Waals surface area contributed by atoms with E-state index in [1.165, 1.54) is 0 Å². The largest absolute Gasteiger partial charge is 0.314 e. The van der Waals surface area contributed by atoms with E-state index in [0.29, 0.717) is 5.02 Å². The van der Waals surface area contributed by atoms with Crippen molar-refractivity contribution in [2.45, 2.75) is 6.04 Å². The summed E-state index contributed by atoms with van der Waals surface area (Å²) >= 11 is 9.11. The van der Waals surface area contributed by atoms with E-state index in [-0.39, 0.29) is 0 Å². The molecular formula is C9H7BrClN. The lowest BCUT2D eigenvalue weighted by molar-refractivity contribution is 0.939. The van der Waals surface area contributed by atoms with E-state index in [1.54, 1.807) is 12.1 Å². The van der Waals surface area contributed by atoms with Crippen molar-refractivity contribution in [3.8, 4) is 12.3 Å². The molecule has 0 saturated heterocycles. The Balaban J connectivity index is 3.15. The standard InChI is InChI=1S/C9H7BrClN/c1-2-9(12)7-5-6(11)3-4-8(7)10/h1,3-5,9H,12H2. The van der Waals surface area contributed by atoms with Gasteiger partial charge < -0.3 is 5.73 Å². The third-order valence-electron chi connectivity index (χ3n) is 1.47. The Morgan fingerprint density at radius 1 is 1.58 bits per heavy atom. The zero-order chi connectivity index (χ0) is 9.14. The van der Waals surface area contributed by atoms with Crippen LogP contribution in [0.5, 0.6) is 0 Å². The Hall–Kier alpha value is -0.490. The Kier molecular flexibility index (Phi) is 3.16. The maximum atomic E-state index is 5.77. The number of hydrogen-bond acceptors (Lipinski definition) is 1. The maximum absolute atomic E-state index is 5.77. The van der Waals surface area contributed by atoms with Crippen molar-refractivity contribution in [2.75, 3.05) is 0 Å². The van der Waals surface area contributed by atoms with Crippen LogP contribution in [0.15, 0.2) is 22.7 Å². The number of hydrogen-bond donors (Lipinski definition) is 1. The van der Waals surface area contributed by atoms with Crippen molar-refractivity contribution in [2.24, 2.45) is 5.73 Å². The van der Waals surface area contributed by atoms with Gasteiger partial charge in [0.1, 0.15) is 0 Å². The molecule has 0 bridgehead atoms. The number of nitrogens with two attached hydrogens (primary N) is 1. The number of terminal acetylenes is 1. The molecule has 0 saturated carbocycles. The van der Waals surface area contributed by atoms with Crippen LogP contribution >= 0.6 is 27.5 Å². The average molecular weight is 245 g/mol. The first-order valence-corrected chi connectivity index (χ1v) is 4.49. The Labute approximate surface area is 85.0 Å². The summed E-state index contributed by atoms with van der Waals surface area (Å²) in [5, 5.41) is 0.638. The number of halogens is 2. The first-order valence-electron chi connectivity index (χ1n) is 3.32. The minimum atomic E-state index is -0.405. The smallest absolute Gasteiger partial charge is 0.0929 e. The van der Waals surface area contributed by atoms with Gasteiger partial charge in [0, 0.05) is 9.50 Å². The van der Waals surface area contributed by atoms with Gasteiger partial charge in [-0.2, -0.15) is 0 Å². The van der Waals surface area contributed by atoms with Gasteiger partial charge in [0.2, 0.25) is 0 Å². The van der Waals surface area contributed by atoms with Crippen LogP contribution in [-0.2, 0) is 0 Å². The van der Waals surface area contributed by atoms with Crippen molar-refractivity contribution in [3.05, 3.63) is 33.3 Å². The second-order valence-electron chi connectivity index (χ2n) is 2.31. The first-order chi connectivity index (χ1) is 5.65. The molecule has 1 atom stereocenters. The second-order valence-corrected chi connectivity index (χ2v) is 3.60. The molecular weight excluding hydrogens is 237 g/mol. The Morgan fingerprint density at radius 3 is 2.83 bits per heavy atom. The minimum Gasteiger partial charge on any atom is -0.314 e. The van der Waals surface area contributed by atoms with Crippen LogP contribution in [0.4, 0.5) is 0 Å². The molecule has 0 fully saturated rings. The zero-order valence-electron chi connectivity index (χ0n) is 6.22. The molecule has 1 aromatic rings.